The van der Waals surface area contributed by atoms with Gasteiger partial charge in [0.05, 0.1) is 24.0 Å². The maximum atomic E-state index is 14.4. The quantitative estimate of drug-likeness (QED) is 0.863. The Morgan fingerprint density at radius 2 is 1.89 bits per heavy atom. The Morgan fingerprint density at radius 1 is 1.11 bits per heavy atom. The van der Waals surface area contributed by atoms with Gasteiger partial charge in [-0.05, 0) is 55.5 Å². The first kappa shape index (κ1) is 18.1. The number of benzene rings is 1. The molecule has 0 radical (unpaired) electrons. The maximum absolute atomic E-state index is 14.4. The van der Waals surface area contributed by atoms with Crippen molar-refractivity contribution in [1.82, 2.24) is 10.3 Å². The molecule has 4 rings (SSSR count). The van der Waals surface area contributed by atoms with Crippen molar-refractivity contribution in [3.05, 3.63) is 59.7 Å². The molecule has 1 unspecified atom stereocenters. The summed E-state index contributed by atoms with van der Waals surface area (Å²) in [6.07, 6.45) is 9.10. The number of rotatable bonds is 5. The summed E-state index contributed by atoms with van der Waals surface area (Å²) < 4.78 is 14.4. The minimum absolute atomic E-state index is 0.0930. The molecule has 2 aliphatic rings. The number of nitrogens with zero attached hydrogens (tertiary/aromatic N) is 2. The number of carbonyl (C=O) groups is 1. The summed E-state index contributed by atoms with van der Waals surface area (Å²) >= 11 is 0. The third-order valence-corrected chi connectivity index (χ3v) is 5.78. The molecule has 2 heterocycles. The first-order valence-electron chi connectivity index (χ1n) is 9.96. The first-order valence-corrected chi connectivity index (χ1v) is 9.96. The van der Waals surface area contributed by atoms with E-state index in [-0.39, 0.29) is 24.3 Å². The zero-order valence-corrected chi connectivity index (χ0v) is 15.5. The molecule has 0 spiro atoms. The third kappa shape index (κ3) is 4.03. The molecule has 1 amide bonds. The molecule has 142 valence electrons. The van der Waals surface area contributed by atoms with Gasteiger partial charge in [-0.25, -0.2) is 4.39 Å². The van der Waals surface area contributed by atoms with Gasteiger partial charge in [0.2, 0.25) is 5.91 Å². The van der Waals surface area contributed by atoms with Gasteiger partial charge < -0.3 is 10.2 Å². The van der Waals surface area contributed by atoms with Crippen molar-refractivity contribution in [1.29, 1.82) is 0 Å². The van der Waals surface area contributed by atoms with E-state index in [1.54, 1.807) is 18.2 Å². The second-order valence-electron chi connectivity index (χ2n) is 7.59. The SMILES string of the molecule is O=C(C1CCN1)N(Cc1ccc(C2CCCCC2)cn1)c1ccccc1F. The number of hydrogen-bond acceptors (Lipinski definition) is 3. The molecule has 2 aromatic rings. The minimum Gasteiger partial charge on any atom is -0.306 e. The molecule has 1 aliphatic carbocycles. The Hall–Kier alpha value is -2.27. The van der Waals surface area contributed by atoms with E-state index in [9.17, 15) is 9.18 Å². The van der Waals surface area contributed by atoms with E-state index in [0.29, 0.717) is 11.6 Å². The van der Waals surface area contributed by atoms with Gasteiger partial charge in [-0.2, -0.15) is 0 Å². The smallest absolute Gasteiger partial charge is 0.244 e. The second-order valence-corrected chi connectivity index (χ2v) is 7.59. The van der Waals surface area contributed by atoms with Crippen LogP contribution in [0.1, 0.15) is 55.7 Å². The van der Waals surface area contributed by atoms with Crippen molar-refractivity contribution < 1.29 is 9.18 Å². The van der Waals surface area contributed by atoms with Crippen LogP contribution in [-0.2, 0) is 11.3 Å². The highest BCUT2D eigenvalue weighted by atomic mass is 19.1. The highest BCUT2D eigenvalue weighted by Gasteiger charge is 2.31. The van der Waals surface area contributed by atoms with Crippen molar-refractivity contribution in [2.75, 3.05) is 11.4 Å². The van der Waals surface area contributed by atoms with Crippen LogP contribution in [0.15, 0.2) is 42.6 Å². The molecule has 27 heavy (non-hydrogen) atoms. The van der Waals surface area contributed by atoms with E-state index in [2.05, 4.69) is 16.4 Å². The molecule has 4 nitrogen and oxygen atoms in total. The van der Waals surface area contributed by atoms with Crippen molar-refractivity contribution in [2.45, 2.75) is 57.0 Å². The number of para-hydroxylation sites is 1. The second kappa shape index (κ2) is 8.17. The standard InChI is InChI=1S/C22H26FN3O/c23-19-8-4-5-9-21(19)26(22(27)20-12-13-24-20)15-18-11-10-17(14-25-18)16-6-2-1-3-7-16/h4-5,8-11,14,16,20,24H,1-3,6-7,12-13,15H2. The summed E-state index contributed by atoms with van der Waals surface area (Å²) in [5, 5.41) is 3.12. The van der Waals surface area contributed by atoms with Gasteiger partial charge in [0, 0.05) is 6.20 Å². The average molecular weight is 367 g/mol. The normalized spacial score (nSPS) is 20.1. The lowest BCUT2D eigenvalue weighted by molar-refractivity contribution is -0.122. The molecule has 1 N–H and O–H groups in total. The van der Waals surface area contributed by atoms with Crippen LogP contribution in [0.2, 0.25) is 0 Å². The van der Waals surface area contributed by atoms with Gasteiger partial charge in [-0.3, -0.25) is 9.78 Å². The fraction of sp³-hybridized carbons (Fsp3) is 0.455. The van der Waals surface area contributed by atoms with E-state index >= 15 is 0 Å². The average Bonchev–Trinajstić information content (AvgIpc) is 2.66. The van der Waals surface area contributed by atoms with Crippen molar-refractivity contribution >= 4 is 11.6 Å². The zero-order chi connectivity index (χ0) is 18.6. The third-order valence-electron chi connectivity index (χ3n) is 5.78. The summed E-state index contributed by atoms with van der Waals surface area (Å²) in [5.74, 6) is 0.122. The number of anilines is 1. The molecule has 2 fully saturated rings. The number of halogens is 1. The summed E-state index contributed by atoms with van der Waals surface area (Å²) in [6, 6.07) is 10.3. The fourth-order valence-electron chi connectivity index (χ4n) is 4.01. The van der Waals surface area contributed by atoms with Gasteiger partial charge in [0.15, 0.2) is 0 Å². The van der Waals surface area contributed by atoms with Crippen LogP contribution < -0.4 is 10.2 Å². The van der Waals surface area contributed by atoms with E-state index in [0.717, 1.165) is 18.7 Å². The predicted molar refractivity (Wildman–Crippen MR) is 104 cm³/mol. The van der Waals surface area contributed by atoms with E-state index < -0.39 is 0 Å². The molecular weight excluding hydrogens is 341 g/mol. The van der Waals surface area contributed by atoms with Crippen LogP contribution in [0.4, 0.5) is 10.1 Å². The van der Waals surface area contributed by atoms with Gasteiger partial charge in [0.1, 0.15) is 5.82 Å². The zero-order valence-electron chi connectivity index (χ0n) is 15.5. The molecule has 1 aromatic heterocycles. The van der Waals surface area contributed by atoms with Gasteiger partial charge in [-0.1, -0.05) is 37.5 Å². The Kier molecular flexibility index (Phi) is 5.48. The van der Waals surface area contributed by atoms with Crippen LogP contribution in [0.3, 0.4) is 0 Å². The molecule has 0 bridgehead atoms. The molecule has 1 saturated carbocycles. The van der Waals surface area contributed by atoms with E-state index in [1.807, 2.05) is 12.3 Å². The highest BCUT2D eigenvalue weighted by Crippen LogP contribution is 2.32. The Morgan fingerprint density at radius 3 is 2.52 bits per heavy atom. The van der Waals surface area contributed by atoms with Gasteiger partial charge in [-0.15, -0.1) is 0 Å². The largest absolute Gasteiger partial charge is 0.306 e. The van der Waals surface area contributed by atoms with Crippen LogP contribution in [0, 0.1) is 5.82 Å². The monoisotopic (exact) mass is 367 g/mol. The number of amides is 1. The topological polar surface area (TPSA) is 45.2 Å². The Labute approximate surface area is 159 Å². The maximum Gasteiger partial charge on any atom is 0.244 e. The van der Waals surface area contributed by atoms with Crippen molar-refractivity contribution in [3.8, 4) is 0 Å². The van der Waals surface area contributed by atoms with Gasteiger partial charge in [0.25, 0.3) is 0 Å². The summed E-state index contributed by atoms with van der Waals surface area (Å²) in [4.78, 5) is 19.0. The number of hydrogen-bond donors (Lipinski definition) is 1. The number of carbonyl (C=O) groups excluding carboxylic acids is 1. The lowest BCUT2D eigenvalue weighted by Crippen LogP contribution is -2.54. The number of pyridine rings is 1. The Balaban J connectivity index is 1.54. The summed E-state index contributed by atoms with van der Waals surface area (Å²) in [6.45, 7) is 1.11. The molecular formula is C22H26FN3O. The number of aromatic nitrogens is 1. The Bertz CT molecular complexity index is 782. The van der Waals surface area contributed by atoms with E-state index in [4.69, 9.17) is 0 Å². The van der Waals surface area contributed by atoms with Crippen LogP contribution >= 0.6 is 0 Å². The lowest BCUT2D eigenvalue weighted by Gasteiger charge is -2.33. The van der Waals surface area contributed by atoms with E-state index in [1.165, 1.54) is 48.6 Å². The molecule has 1 atom stereocenters. The van der Waals surface area contributed by atoms with Crippen molar-refractivity contribution in [3.63, 3.8) is 0 Å². The fourth-order valence-corrected chi connectivity index (χ4v) is 4.01. The minimum atomic E-state index is -0.385. The van der Waals surface area contributed by atoms with Crippen molar-refractivity contribution in [2.24, 2.45) is 0 Å². The summed E-state index contributed by atoms with van der Waals surface area (Å²) in [7, 11) is 0. The van der Waals surface area contributed by atoms with Crippen LogP contribution in [0.25, 0.3) is 0 Å². The first-order chi connectivity index (χ1) is 13.2. The predicted octanol–water partition coefficient (Wildman–Crippen LogP) is 4.16. The highest BCUT2D eigenvalue weighted by molar-refractivity contribution is 5.97. The summed E-state index contributed by atoms with van der Waals surface area (Å²) in [5.41, 5.74) is 2.38. The molecule has 1 saturated heterocycles. The van der Waals surface area contributed by atoms with Crippen LogP contribution in [0.5, 0.6) is 0 Å². The number of nitrogens with one attached hydrogen (secondary N) is 1. The lowest BCUT2D eigenvalue weighted by atomic mass is 9.85. The molecule has 1 aliphatic heterocycles. The molecule has 5 heteroatoms. The van der Waals surface area contributed by atoms with Gasteiger partial charge >= 0.3 is 0 Å². The van der Waals surface area contributed by atoms with Crippen LogP contribution in [-0.4, -0.2) is 23.5 Å². The molecule has 1 aromatic carbocycles.